The second kappa shape index (κ2) is 11.3. The predicted molar refractivity (Wildman–Crippen MR) is 133 cm³/mol. The maximum absolute atomic E-state index is 13.4. The summed E-state index contributed by atoms with van der Waals surface area (Å²) in [6, 6.07) is 19.3. The van der Waals surface area contributed by atoms with Gasteiger partial charge in [0, 0.05) is 45.6 Å². The van der Waals surface area contributed by atoms with E-state index in [9.17, 15) is 22.4 Å². The van der Waals surface area contributed by atoms with Gasteiger partial charge in [-0.25, -0.2) is 4.39 Å². The number of halogens is 4. The number of alkyl halides is 3. The van der Waals surface area contributed by atoms with E-state index in [-0.39, 0.29) is 23.6 Å². The van der Waals surface area contributed by atoms with Crippen molar-refractivity contribution in [1.82, 2.24) is 9.80 Å². The van der Waals surface area contributed by atoms with Crippen LogP contribution in [0.3, 0.4) is 0 Å². The number of carbonyl (C=O) groups is 1. The van der Waals surface area contributed by atoms with Crippen molar-refractivity contribution < 1.29 is 27.1 Å². The minimum Gasteiger partial charge on any atom is -0.497 e. The van der Waals surface area contributed by atoms with Crippen LogP contribution in [0.4, 0.5) is 17.6 Å². The molecule has 1 amide bonds. The largest absolute Gasteiger partial charge is 0.497 e. The summed E-state index contributed by atoms with van der Waals surface area (Å²) in [5, 5.41) is 0. The van der Waals surface area contributed by atoms with Crippen LogP contribution in [0.25, 0.3) is 0 Å². The molecule has 8 heteroatoms. The first-order valence-electron chi connectivity index (χ1n) is 12.1. The maximum Gasteiger partial charge on any atom is 0.416 e. The Morgan fingerprint density at radius 1 is 1.00 bits per heavy atom. The van der Waals surface area contributed by atoms with Gasteiger partial charge in [-0.3, -0.25) is 9.69 Å². The molecule has 3 aromatic carbocycles. The molecule has 1 fully saturated rings. The van der Waals surface area contributed by atoms with Gasteiger partial charge >= 0.3 is 6.18 Å². The van der Waals surface area contributed by atoms with Crippen LogP contribution in [0.1, 0.15) is 35.1 Å². The van der Waals surface area contributed by atoms with Crippen molar-refractivity contribution in [3.05, 3.63) is 101 Å². The van der Waals surface area contributed by atoms with Gasteiger partial charge in [0.25, 0.3) is 0 Å². The van der Waals surface area contributed by atoms with Crippen LogP contribution < -0.4 is 4.74 Å². The summed E-state index contributed by atoms with van der Waals surface area (Å²) in [6.07, 6.45) is -4.39. The number of hydrogen-bond acceptors (Lipinski definition) is 3. The van der Waals surface area contributed by atoms with Crippen LogP contribution in [-0.2, 0) is 24.1 Å². The lowest BCUT2D eigenvalue weighted by Gasteiger charge is -2.28. The summed E-state index contributed by atoms with van der Waals surface area (Å²) in [5.74, 6) is 0.448. The lowest BCUT2D eigenvalue weighted by molar-refractivity contribution is -0.137. The van der Waals surface area contributed by atoms with E-state index in [1.165, 1.54) is 31.2 Å². The van der Waals surface area contributed by atoms with E-state index < -0.39 is 11.7 Å². The van der Waals surface area contributed by atoms with Crippen LogP contribution >= 0.6 is 0 Å². The summed E-state index contributed by atoms with van der Waals surface area (Å²) in [5.41, 5.74) is 1.85. The fourth-order valence-electron chi connectivity index (χ4n) is 5.01. The van der Waals surface area contributed by atoms with Crippen LogP contribution in [0, 0.1) is 11.7 Å². The van der Waals surface area contributed by atoms with Crippen molar-refractivity contribution in [2.75, 3.05) is 26.7 Å². The van der Waals surface area contributed by atoms with Crippen LogP contribution in [-0.4, -0.2) is 42.5 Å². The van der Waals surface area contributed by atoms with Crippen LogP contribution in [0.15, 0.2) is 72.8 Å². The molecule has 1 saturated heterocycles. The van der Waals surface area contributed by atoms with E-state index in [2.05, 4.69) is 4.90 Å². The first kappa shape index (κ1) is 26.7. The SMILES string of the molecule is COc1ccc([C@H]2CN(Cc3cccc(C(F)(F)F)c3)C[C@@H]2CN(Cc2ccc(F)cc2)C(C)=O)cc1. The summed E-state index contributed by atoms with van der Waals surface area (Å²) >= 11 is 0. The first-order valence-corrected chi connectivity index (χ1v) is 12.1. The number of likely N-dealkylation sites (tertiary alicyclic amines) is 1. The number of benzene rings is 3. The molecule has 0 aromatic heterocycles. The van der Waals surface area contributed by atoms with Crippen molar-refractivity contribution in [3.63, 3.8) is 0 Å². The molecule has 0 unspecified atom stereocenters. The highest BCUT2D eigenvalue weighted by atomic mass is 19.4. The molecule has 2 atom stereocenters. The summed E-state index contributed by atoms with van der Waals surface area (Å²) < 4.78 is 58.3. The van der Waals surface area contributed by atoms with Crippen molar-refractivity contribution in [3.8, 4) is 5.75 Å². The minimum absolute atomic E-state index is 0.0588. The molecule has 4 rings (SSSR count). The Morgan fingerprint density at radius 3 is 2.32 bits per heavy atom. The highest BCUT2D eigenvalue weighted by Crippen LogP contribution is 2.36. The van der Waals surface area contributed by atoms with E-state index in [4.69, 9.17) is 4.74 Å². The molecule has 1 aliphatic rings. The highest BCUT2D eigenvalue weighted by molar-refractivity contribution is 5.73. The van der Waals surface area contributed by atoms with E-state index in [1.54, 1.807) is 30.2 Å². The fourth-order valence-corrected chi connectivity index (χ4v) is 5.01. The maximum atomic E-state index is 13.4. The third-order valence-corrected chi connectivity index (χ3v) is 6.91. The Balaban J connectivity index is 1.55. The predicted octanol–water partition coefficient (Wildman–Crippen LogP) is 6.12. The molecule has 4 nitrogen and oxygen atoms in total. The molecule has 3 aromatic rings. The van der Waals surface area contributed by atoms with E-state index in [0.717, 1.165) is 22.9 Å². The third-order valence-electron chi connectivity index (χ3n) is 6.91. The van der Waals surface area contributed by atoms with E-state index >= 15 is 0 Å². The zero-order chi connectivity index (χ0) is 26.6. The van der Waals surface area contributed by atoms with Crippen molar-refractivity contribution in [1.29, 1.82) is 0 Å². The van der Waals surface area contributed by atoms with Crippen LogP contribution in [0.2, 0.25) is 0 Å². The number of hydrogen-bond donors (Lipinski definition) is 0. The molecule has 1 aliphatic heterocycles. The van der Waals surface area contributed by atoms with Gasteiger partial charge in [-0.15, -0.1) is 0 Å². The van der Waals surface area contributed by atoms with Gasteiger partial charge in [0.05, 0.1) is 12.7 Å². The van der Waals surface area contributed by atoms with Gasteiger partial charge in [0.15, 0.2) is 0 Å². The third kappa shape index (κ3) is 6.89. The Bertz CT molecular complexity index is 1200. The second-order valence-corrected chi connectivity index (χ2v) is 9.56. The monoisotopic (exact) mass is 514 g/mol. The number of carbonyl (C=O) groups excluding carboxylic acids is 1. The van der Waals surface area contributed by atoms with Gasteiger partial charge in [0.2, 0.25) is 5.91 Å². The average Bonchev–Trinajstić information content (AvgIpc) is 3.26. The molecule has 0 N–H and O–H groups in total. The van der Waals surface area contributed by atoms with E-state index in [0.29, 0.717) is 38.3 Å². The summed E-state index contributed by atoms with van der Waals surface area (Å²) in [7, 11) is 1.60. The normalized spacial score (nSPS) is 18.1. The fraction of sp³-hybridized carbons (Fsp3) is 0.345. The Kier molecular flexibility index (Phi) is 8.17. The Morgan fingerprint density at radius 2 is 1.70 bits per heavy atom. The van der Waals surface area contributed by atoms with Gasteiger partial charge in [-0.05, 0) is 52.9 Å². The zero-order valence-electron chi connectivity index (χ0n) is 20.8. The van der Waals surface area contributed by atoms with Crippen LogP contribution in [0.5, 0.6) is 5.75 Å². The van der Waals surface area contributed by atoms with Gasteiger partial charge in [0.1, 0.15) is 11.6 Å². The Labute approximate surface area is 214 Å². The van der Waals surface area contributed by atoms with Gasteiger partial charge < -0.3 is 9.64 Å². The molecule has 0 spiro atoms. The molecule has 0 saturated carbocycles. The highest BCUT2D eigenvalue weighted by Gasteiger charge is 2.36. The number of nitrogens with zero attached hydrogens (tertiary/aromatic N) is 2. The summed E-state index contributed by atoms with van der Waals surface area (Å²) in [4.78, 5) is 16.4. The molecule has 37 heavy (non-hydrogen) atoms. The lowest BCUT2D eigenvalue weighted by Crippen LogP contribution is -2.35. The minimum atomic E-state index is -4.39. The standard InChI is InChI=1S/C29H30F4N2O2/c1-20(36)35(16-21-6-10-26(30)11-7-21)18-24-17-34(15-22-4-3-5-25(14-22)29(31,32)33)19-28(24)23-8-12-27(37-2)13-9-23/h3-14,24,28H,15-19H2,1-2H3/t24-,28-/m1/s1. The number of ether oxygens (including phenoxy) is 1. The molecule has 0 bridgehead atoms. The van der Waals surface area contributed by atoms with Gasteiger partial charge in [-0.1, -0.05) is 42.5 Å². The zero-order valence-corrected chi connectivity index (χ0v) is 20.8. The molecule has 1 heterocycles. The second-order valence-electron chi connectivity index (χ2n) is 9.56. The molecular formula is C29H30F4N2O2. The topological polar surface area (TPSA) is 32.8 Å². The van der Waals surface area contributed by atoms with Crippen molar-refractivity contribution in [2.45, 2.75) is 32.1 Å². The lowest BCUT2D eigenvalue weighted by atomic mass is 9.88. The smallest absolute Gasteiger partial charge is 0.416 e. The quantitative estimate of drug-likeness (QED) is 0.340. The molecule has 0 aliphatic carbocycles. The van der Waals surface area contributed by atoms with Crippen molar-refractivity contribution in [2.24, 2.45) is 5.92 Å². The van der Waals surface area contributed by atoms with Gasteiger partial charge in [-0.2, -0.15) is 13.2 Å². The van der Waals surface area contributed by atoms with E-state index in [1.807, 2.05) is 24.3 Å². The summed E-state index contributed by atoms with van der Waals surface area (Å²) in [6.45, 7) is 4.00. The number of rotatable bonds is 8. The van der Waals surface area contributed by atoms with Crippen molar-refractivity contribution >= 4 is 5.91 Å². The molecule has 196 valence electrons. The first-order chi connectivity index (χ1) is 17.6. The Hall–Kier alpha value is -3.39. The molecule has 0 radical (unpaired) electrons. The number of amides is 1. The average molecular weight is 515 g/mol. The molecular weight excluding hydrogens is 484 g/mol. The number of methoxy groups -OCH3 is 1.